The molecular weight excluding hydrogens is 412 g/mol. The van der Waals surface area contributed by atoms with Crippen molar-refractivity contribution in [2.45, 2.75) is 36.2 Å². The Bertz CT molecular complexity index is 1050. The van der Waals surface area contributed by atoms with Crippen LogP contribution in [0, 0.1) is 11.6 Å². The number of nitrogens with one attached hydrogen (secondary N) is 1. The summed E-state index contributed by atoms with van der Waals surface area (Å²) in [6, 6.07) is 10.3. The van der Waals surface area contributed by atoms with E-state index in [4.69, 9.17) is 0 Å². The second-order valence-electron chi connectivity index (χ2n) is 7.66. The zero-order chi connectivity index (χ0) is 21.3. The minimum absolute atomic E-state index is 0.123. The summed E-state index contributed by atoms with van der Waals surface area (Å²) in [5, 5.41) is 0. The van der Waals surface area contributed by atoms with E-state index < -0.39 is 27.7 Å². The highest BCUT2D eigenvalue weighted by Gasteiger charge is 2.39. The lowest BCUT2D eigenvalue weighted by atomic mass is 10.0. The second kappa shape index (κ2) is 8.41. The molecule has 4 rings (SSSR count). The van der Waals surface area contributed by atoms with Crippen molar-refractivity contribution >= 4 is 21.6 Å². The van der Waals surface area contributed by atoms with E-state index in [1.54, 1.807) is 18.2 Å². The van der Waals surface area contributed by atoms with Crippen LogP contribution in [0.5, 0.6) is 0 Å². The first-order valence-electron chi connectivity index (χ1n) is 9.93. The van der Waals surface area contributed by atoms with Crippen LogP contribution in [0.1, 0.15) is 19.3 Å². The van der Waals surface area contributed by atoms with Crippen molar-refractivity contribution in [1.82, 2.24) is 9.62 Å². The number of carbonyl (C=O) groups is 1. The summed E-state index contributed by atoms with van der Waals surface area (Å²) in [7, 11) is -3.86. The molecule has 0 aromatic heterocycles. The standard InChI is InChI=1S/C21H23F2N3O3S/c22-15-5-3-7-17(13-15)30(28,29)24-16-6-4-11-25(14-16)20-10-12-26(21(20)27)19-9-2-1-8-18(19)23/h1-3,5,7-9,13,16,20,24H,4,6,10-12,14H2. The van der Waals surface area contributed by atoms with Crippen LogP contribution in [0.3, 0.4) is 0 Å². The lowest BCUT2D eigenvalue weighted by molar-refractivity contribution is -0.122. The van der Waals surface area contributed by atoms with E-state index in [2.05, 4.69) is 4.72 Å². The van der Waals surface area contributed by atoms with Crippen LogP contribution in [-0.2, 0) is 14.8 Å². The molecule has 2 unspecified atom stereocenters. The smallest absolute Gasteiger partial charge is 0.244 e. The van der Waals surface area contributed by atoms with Crippen molar-refractivity contribution in [2.75, 3.05) is 24.5 Å². The molecule has 2 aromatic rings. The molecule has 2 heterocycles. The van der Waals surface area contributed by atoms with Crippen LogP contribution in [0.15, 0.2) is 53.4 Å². The third-order valence-electron chi connectivity index (χ3n) is 5.64. The number of hydrogen-bond donors (Lipinski definition) is 1. The third kappa shape index (κ3) is 4.23. The van der Waals surface area contributed by atoms with Crippen molar-refractivity contribution in [3.8, 4) is 0 Å². The summed E-state index contributed by atoms with van der Waals surface area (Å²) in [6.07, 6.45) is 1.90. The Kier molecular flexibility index (Phi) is 5.86. The molecule has 2 aliphatic heterocycles. The third-order valence-corrected chi connectivity index (χ3v) is 7.16. The van der Waals surface area contributed by atoms with Gasteiger partial charge in [0.2, 0.25) is 15.9 Å². The topological polar surface area (TPSA) is 69.7 Å². The van der Waals surface area contributed by atoms with E-state index in [-0.39, 0.29) is 22.5 Å². The Hall–Kier alpha value is -2.36. The molecule has 2 aromatic carbocycles. The fourth-order valence-corrected chi connectivity index (χ4v) is 5.51. The van der Waals surface area contributed by atoms with Crippen LogP contribution in [0.25, 0.3) is 0 Å². The van der Waals surface area contributed by atoms with Gasteiger partial charge in [-0.1, -0.05) is 18.2 Å². The number of anilines is 1. The van der Waals surface area contributed by atoms with Gasteiger partial charge in [0.1, 0.15) is 11.6 Å². The fraction of sp³-hybridized carbons (Fsp3) is 0.381. The number of nitrogens with zero attached hydrogens (tertiary/aromatic N) is 2. The van der Waals surface area contributed by atoms with E-state index in [0.717, 1.165) is 12.5 Å². The van der Waals surface area contributed by atoms with Gasteiger partial charge in [0, 0.05) is 19.1 Å². The number of para-hydroxylation sites is 1. The van der Waals surface area contributed by atoms with E-state index in [1.165, 1.54) is 29.2 Å². The predicted octanol–water partition coefficient (Wildman–Crippen LogP) is 2.51. The number of piperidine rings is 1. The number of hydrogen-bond acceptors (Lipinski definition) is 4. The van der Waals surface area contributed by atoms with Crippen molar-refractivity contribution < 1.29 is 22.0 Å². The summed E-state index contributed by atoms with van der Waals surface area (Å²) >= 11 is 0. The second-order valence-corrected chi connectivity index (χ2v) is 9.37. The highest BCUT2D eigenvalue weighted by molar-refractivity contribution is 7.89. The largest absolute Gasteiger partial charge is 0.308 e. The van der Waals surface area contributed by atoms with Crippen molar-refractivity contribution in [3.63, 3.8) is 0 Å². The van der Waals surface area contributed by atoms with Gasteiger partial charge in [-0.25, -0.2) is 21.9 Å². The molecule has 1 amide bonds. The summed E-state index contributed by atoms with van der Waals surface area (Å²) < 4.78 is 55.4. The van der Waals surface area contributed by atoms with Gasteiger partial charge in [0.05, 0.1) is 16.6 Å². The lowest BCUT2D eigenvalue weighted by Crippen LogP contribution is -2.52. The number of sulfonamides is 1. The van der Waals surface area contributed by atoms with Crippen LogP contribution in [-0.4, -0.2) is 50.9 Å². The minimum atomic E-state index is -3.86. The Labute approximate surface area is 174 Å². The van der Waals surface area contributed by atoms with Gasteiger partial charge in [0.25, 0.3) is 0 Å². The van der Waals surface area contributed by atoms with Gasteiger partial charge < -0.3 is 4.90 Å². The van der Waals surface area contributed by atoms with Crippen LogP contribution < -0.4 is 9.62 Å². The lowest BCUT2D eigenvalue weighted by Gasteiger charge is -2.36. The molecule has 0 radical (unpaired) electrons. The Morgan fingerprint density at radius 1 is 1.00 bits per heavy atom. The van der Waals surface area contributed by atoms with Gasteiger partial charge in [-0.15, -0.1) is 0 Å². The van der Waals surface area contributed by atoms with E-state index in [0.29, 0.717) is 32.5 Å². The molecular formula is C21H23F2N3O3S. The van der Waals surface area contributed by atoms with Gasteiger partial charge in [0.15, 0.2) is 0 Å². The highest BCUT2D eigenvalue weighted by atomic mass is 32.2. The van der Waals surface area contributed by atoms with Gasteiger partial charge in [-0.05, 0) is 56.1 Å². The quantitative estimate of drug-likeness (QED) is 0.784. The molecule has 0 aliphatic carbocycles. The molecule has 2 aliphatic rings. The highest BCUT2D eigenvalue weighted by Crippen LogP contribution is 2.28. The maximum atomic E-state index is 14.1. The SMILES string of the molecule is O=C1C(N2CCCC(NS(=O)(=O)c3cccc(F)c3)C2)CCN1c1ccccc1F. The van der Waals surface area contributed by atoms with Crippen molar-refractivity contribution in [2.24, 2.45) is 0 Å². The fourth-order valence-electron chi connectivity index (χ4n) is 4.22. The molecule has 0 saturated carbocycles. The summed E-state index contributed by atoms with van der Waals surface area (Å²) in [5.74, 6) is -1.23. The van der Waals surface area contributed by atoms with Crippen molar-refractivity contribution in [1.29, 1.82) is 0 Å². The number of rotatable bonds is 5. The first-order chi connectivity index (χ1) is 14.3. The van der Waals surface area contributed by atoms with Crippen LogP contribution >= 0.6 is 0 Å². The molecule has 6 nitrogen and oxygen atoms in total. The monoisotopic (exact) mass is 435 g/mol. The first kappa shape index (κ1) is 20.9. The average Bonchev–Trinajstić information content (AvgIpc) is 3.09. The molecule has 0 bridgehead atoms. The molecule has 30 heavy (non-hydrogen) atoms. The van der Waals surface area contributed by atoms with Gasteiger partial charge in [-0.2, -0.15) is 0 Å². The van der Waals surface area contributed by atoms with Gasteiger partial charge in [-0.3, -0.25) is 9.69 Å². The number of halogens is 2. The number of benzene rings is 2. The number of amides is 1. The molecule has 160 valence electrons. The van der Waals surface area contributed by atoms with E-state index >= 15 is 0 Å². The van der Waals surface area contributed by atoms with Crippen LogP contribution in [0.4, 0.5) is 14.5 Å². The molecule has 1 N–H and O–H groups in total. The Balaban J connectivity index is 1.44. The summed E-state index contributed by atoms with van der Waals surface area (Å²) in [4.78, 5) is 16.2. The van der Waals surface area contributed by atoms with E-state index in [9.17, 15) is 22.0 Å². The summed E-state index contributed by atoms with van der Waals surface area (Å²) in [5.41, 5.74) is 0.269. The zero-order valence-electron chi connectivity index (χ0n) is 16.3. The first-order valence-corrected chi connectivity index (χ1v) is 11.4. The molecule has 2 atom stereocenters. The maximum absolute atomic E-state index is 14.1. The van der Waals surface area contributed by atoms with Crippen molar-refractivity contribution in [3.05, 3.63) is 60.2 Å². The Morgan fingerprint density at radius 2 is 1.80 bits per heavy atom. The minimum Gasteiger partial charge on any atom is -0.308 e. The predicted molar refractivity (Wildman–Crippen MR) is 108 cm³/mol. The van der Waals surface area contributed by atoms with E-state index in [1.807, 2.05) is 4.90 Å². The average molecular weight is 435 g/mol. The number of likely N-dealkylation sites (tertiary alicyclic amines) is 1. The summed E-state index contributed by atoms with van der Waals surface area (Å²) in [6.45, 7) is 1.45. The van der Waals surface area contributed by atoms with Crippen LogP contribution in [0.2, 0.25) is 0 Å². The molecule has 0 spiro atoms. The number of carbonyl (C=O) groups excluding carboxylic acids is 1. The maximum Gasteiger partial charge on any atom is 0.244 e. The zero-order valence-corrected chi connectivity index (χ0v) is 17.1. The molecule has 2 fully saturated rings. The molecule has 9 heteroatoms. The Morgan fingerprint density at radius 3 is 2.57 bits per heavy atom. The molecule has 2 saturated heterocycles. The van der Waals surface area contributed by atoms with Gasteiger partial charge >= 0.3 is 0 Å². The normalized spacial score (nSPS) is 23.1.